The van der Waals surface area contributed by atoms with Gasteiger partial charge < -0.3 is 10.2 Å². The number of nitrogens with zero attached hydrogens (tertiary/aromatic N) is 4. The summed E-state index contributed by atoms with van der Waals surface area (Å²) in [6.45, 7) is 6.66. The number of nitrogens with one attached hydrogen (secondary N) is 1. The number of carbonyl (C=O) groups is 1. The van der Waals surface area contributed by atoms with Crippen molar-refractivity contribution in [3.05, 3.63) is 21.5 Å². The van der Waals surface area contributed by atoms with Gasteiger partial charge in [-0.25, -0.2) is 0 Å². The summed E-state index contributed by atoms with van der Waals surface area (Å²) >= 11 is 0. The third-order valence-corrected chi connectivity index (χ3v) is 3.71. The van der Waals surface area contributed by atoms with E-state index in [1.165, 1.54) is 4.68 Å². The van der Waals surface area contributed by atoms with Crippen LogP contribution in [0.3, 0.4) is 0 Å². The summed E-state index contributed by atoms with van der Waals surface area (Å²) < 4.78 is 1.50. The van der Waals surface area contributed by atoms with Crippen molar-refractivity contribution >= 4 is 11.6 Å². The molecule has 0 bridgehead atoms. The van der Waals surface area contributed by atoms with Gasteiger partial charge in [0.2, 0.25) is 5.91 Å². The molecule has 0 atom stereocenters. The molecule has 2 rings (SSSR count). The largest absolute Gasteiger partial charge is 0.339 e. The first-order valence-electron chi connectivity index (χ1n) is 7.29. The fraction of sp³-hybridized carbons (Fsp3) is 0.692. The molecule has 21 heavy (non-hydrogen) atoms. The van der Waals surface area contributed by atoms with Crippen molar-refractivity contribution in [2.24, 2.45) is 0 Å². The molecule has 0 saturated carbocycles. The van der Waals surface area contributed by atoms with E-state index in [4.69, 9.17) is 0 Å². The molecule has 1 aliphatic heterocycles. The Morgan fingerprint density at radius 3 is 2.52 bits per heavy atom. The Labute approximate surface area is 123 Å². The van der Waals surface area contributed by atoms with Crippen LogP contribution in [0.4, 0.5) is 5.69 Å². The summed E-state index contributed by atoms with van der Waals surface area (Å²) in [5.74, 6) is -0.0359. The van der Waals surface area contributed by atoms with Crippen molar-refractivity contribution < 1.29 is 9.72 Å². The Kier molecular flexibility index (Phi) is 4.89. The molecule has 1 N–H and O–H groups in total. The molecular weight excluding hydrogens is 274 g/mol. The van der Waals surface area contributed by atoms with Crippen molar-refractivity contribution in [2.75, 3.05) is 26.2 Å². The summed E-state index contributed by atoms with van der Waals surface area (Å²) in [4.78, 5) is 24.9. The van der Waals surface area contributed by atoms with E-state index in [1.807, 2.05) is 13.8 Å². The summed E-state index contributed by atoms with van der Waals surface area (Å²) in [6, 6.07) is 0. The molecule has 0 radical (unpaired) electrons. The highest BCUT2D eigenvalue weighted by Crippen LogP contribution is 2.24. The Bertz CT molecular complexity index is 534. The average molecular weight is 295 g/mol. The molecule has 1 aliphatic rings. The predicted octanol–water partition coefficient (Wildman–Crippen LogP) is 0.348. The van der Waals surface area contributed by atoms with Gasteiger partial charge in [0.25, 0.3) is 0 Å². The number of hydrogen-bond acceptors (Lipinski definition) is 5. The third kappa shape index (κ3) is 3.21. The lowest BCUT2D eigenvalue weighted by Gasteiger charge is -2.27. The van der Waals surface area contributed by atoms with Gasteiger partial charge >= 0.3 is 5.69 Å². The van der Waals surface area contributed by atoms with Crippen LogP contribution in [-0.2, 0) is 24.2 Å². The zero-order valence-corrected chi connectivity index (χ0v) is 12.5. The molecule has 0 unspecified atom stereocenters. The molecule has 1 aromatic heterocycles. The van der Waals surface area contributed by atoms with Crippen molar-refractivity contribution in [3.63, 3.8) is 0 Å². The lowest BCUT2D eigenvalue weighted by atomic mass is 10.2. The first-order valence-corrected chi connectivity index (χ1v) is 7.29. The minimum atomic E-state index is -0.392. The maximum Gasteiger partial charge on any atom is 0.313 e. The Morgan fingerprint density at radius 2 is 2.00 bits per heavy atom. The quantitative estimate of drug-likeness (QED) is 0.625. The second-order valence-corrected chi connectivity index (χ2v) is 4.99. The number of nitro groups is 1. The van der Waals surface area contributed by atoms with Crippen LogP contribution in [0, 0.1) is 10.1 Å². The zero-order valence-electron chi connectivity index (χ0n) is 12.5. The van der Waals surface area contributed by atoms with Gasteiger partial charge in [-0.05, 0) is 12.8 Å². The summed E-state index contributed by atoms with van der Waals surface area (Å²) in [5.41, 5.74) is 1.04. The van der Waals surface area contributed by atoms with E-state index in [0.717, 1.165) is 13.1 Å². The van der Waals surface area contributed by atoms with E-state index in [0.29, 0.717) is 37.3 Å². The molecule has 0 aliphatic carbocycles. The Balaban J connectivity index is 2.22. The number of hydrogen-bond donors (Lipinski definition) is 1. The van der Waals surface area contributed by atoms with Gasteiger partial charge in [0, 0.05) is 26.2 Å². The minimum absolute atomic E-state index is 0.0359. The first kappa shape index (κ1) is 15.4. The van der Waals surface area contributed by atoms with Crippen molar-refractivity contribution in [2.45, 2.75) is 33.2 Å². The molecule has 116 valence electrons. The molecule has 0 spiro atoms. The maximum atomic E-state index is 12.3. The van der Waals surface area contributed by atoms with Crippen LogP contribution in [0.25, 0.3) is 0 Å². The van der Waals surface area contributed by atoms with Gasteiger partial charge in [-0.3, -0.25) is 19.6 Å². The molecule has 1 fully saturated rings. The van der Waals surface area contributed by atoms with Gasteiger partial charge in [-0.2, -0.15) is 5.10 Å². The smallest absolute Gasteiger partial charge is 0.313 e. The number of rotatable bonds is 5. The summed E-state index contributed by atoms with van der Waals surface area (Å²) in [5, 5.41) is 18.7. The van der Waals surface area contributed by atoms with E-state index in [2.05, 4.69) is 10.4 Å². The predicted molar refractivity (Wildman–Crippen MR) is 77.1 cm³/mol. The molecular formula is C13H21N5O3. The monoisotopic (exact) mass is 295 g/mol. The van der Waals surface area contributed by atoms with Crippen LogP contribution in [-0.4, -0.2) is 51.7 Å². The fourth-order valence-corrected chi connectivity index (χ4v) is 2.61. The third-order valence-electron chi connectivity index (χ3n) is 3.71. The van der Waals surface area contributed by atoms with E-state index >= 15 is 0 Å². The number of amides is 1. The average Bonchev–Trinajstić information content (AvgIpc) is 2.85. The molecule has 0 aromatic carbocycles. The number of carbonyl (C=O) groups excluding carboxylic acids is 1. The fourth-order valence-electron chi connectivity index (χ4n) is 2.61. The van der Waals surface area contributed by atoms with E-state index in [1.54, 1.807) is 4.90 Å². The molecule has 1 aromatic rings. The second kappa shape index (κ2) is 6.66. The summed E-state index contributed by atoms with van der Waals surface area (Å²) in [7, 11) is 0. The Hall–Kier alpha value is -1.96. The van der Waals surface area contributed by atoms with Gasteiger partial charge in [0.1, 0.15) is 17.9 Å². The maximum absolute atomic E-state index is 12.3. The lowest BCUT2D eigenvalue weighted by molar-refractivity contribution is -0.386. The van der Waals surface area contributed by atoms with Crippen LogP contribution in [0.2, 0.25) is 0 Å². The highest BCUT2D eigenvalue weighted by molar-refractivity contribution is 5.76. The first-order chi connectivity index (χ1) is 10.1. The zero-order chi connectivity index (χ0) is 15.4. The molecule has 2 heterocycles. The van der Waals surface area contributed by atoms with Gasteiger partial charge in [-0.1, -0.05) is 13.8 Å². The molecule has 8 nitrogen and oxygen atoms in total. The standard InChI is InChI=1S/C13H21N5O3/c1-3-10-13(18(20)21)11(4-2)17(15-10)9-12(19)16-7-5-14-6-8-16/h14H,3-9H2,1-2H3. The second-order valence-electron chi connectivity index (χ2n) is 4.99. The van der Waals surface area contributed by atoms with Crippen LogP contribution in [0.1, 0.15) is 25.2 Å². The van der Waals surface area contributed by atoms with Gasteiger partial charge in [-0.15, -0.1) is 0 Å². The minimum Gasteiger partial charge on any atom is -0.339 e. The van der Waals surface area contributed by atoms with E-state index in [-0.39, 0.29) is 18.1 Å². The number of aryl methyl sites for hydroxylation is 1. The number of aromatic nitrogens is 2. The lowest BCUT2D eigenvalue weighted by Crippen LogP contribution is -2.47. The topological polar surface area (TPSA) is 93.3 Å². The Morgan fingerprint density at radius 1 is 1.33 bits per heavy atom. The highest BCUT2D eigenvalue weighted by atomic mass is 16.6. The highest BCUT2D eigenvalue weighted by Gasteiger charge is 2.27. The molecule has 1 amide bonds. The SMILES string of the molecule is CCc1nn(CC(=O)N2CCNCC2)c(CC)c1[N+](=O)[O-]. The number of piperazine rings is 1. The van der Waals surface area contributed by atoms with Gasteiger partial charge in [0.05, 0.1) is 4.92 Å². The van der Waals surface area contributed by atoms with Gasteiger partial charge in [0.15, 0.2) is 0 Å². The van der Waals surface area contributed by atoms with E-state index in [9.17, 15) is 14.9 Å². The van der Waals surface area contributed by atoms with Crippen molar-refractivity contribution in [1.29, 1.82) is 0 Å². The molecule has 8 heteroatoms. The van der Waals surface area contributed by atoms with Crippen LogP contribution >= 0.6 is 0 Å². The summed E-state index contributed by atoms with van der Waals surface area (Å²) in [6.07, 6.45) is 0.969. The van der Waals surface area contributed by atoms with Crippen LogP contribution < -0.4 is 5.32 Å². The molecule has 1 saturated heterocycles. The van der Waals surface area contributed by atoms with Crippen LogP contribution in [0.15, 0.2) is 0 Å². The normalized spacial score (nSPS) is 15.2. The van der Waals surface area contributed by atoms with E-state index < -0.39 is 4.92 Å². The van der Waals surface area contributed by atoms with Crippen LogP contribution in [0.5, 0.6) is 0 Å². The van der Waals surface area contributed by atoms with Crippen molar-refractivity contribution in [3.8, 4) is 0 Å². The van der Waals surface area contributed by atoms with Crippen molar-refractivity contribution in [1.82, 2.24) is 20.0 Å².